The molecule has 6 nitrogen and oxygen atoms in total. The molecule has 0 unspecified atom stereocenters. The summed E-state index contributed by atoms with van der Waals surface area (Å²) in [6.07, 6.45) is 1.54. The van der Waals surface area contributed by atoms with Gasteiger partial charge in [0.05, 0.1) is 6.54 Å². The highest BCUT2D eigenvalue weighted by Gasteiger charge is 2.57. The molecule has 2 atom stereocenters. The van der Waals surface area contributed by atoms with Crippen molar-refractivity contribution in [1.29, 1.82) is 0 Å². The van der Waals surface area contributed by atoms with Crippen LogP contribution in [-0.4, -0.2) is 46.7 Å². The molecule has 0 spiro atoms. The molecular weight excluding hydrogens is 404 g/mol. The van der Waals surface area contributed by atoms with Crippen molar-refractivity contribution in [3.8, 4) is 5.75 Å². The summed E-state index contributed by atoms with van der Waals surface area (Å²) < 4.78 is 0. The van der Waals surface area contributed by atoms with Gasteiger partial charge in [-0.2, -0.15) is 0 Å². The van der Waals surface area contributed by atoms with Gasteiger partial charge in [0.15, 0.2) is 5.78 Å². The Labute approximate surface area is 187 Å². The standard InChI is InChI=1S/C26H28N2O4/c1-25(2)22-13-19-20(5-4-6-21(19)30)26(25,3)9-10-28(22)24(32)15-7-8-18-16(11-15)12-17(29)14-27-23(18)31/h4-8,11,22,30H,9-10,12-14H2,1-3H3,(H,27,31)/t22-,26+/m1/s1. The molecule has 0 radical (unpaired) electrons. The lowest BCUT2D eigenvalue weighted by Gasteiger charge is -2.60. The van der Waals surface area contributed by atoms with Crippen molar-refractivity contribution in [3.05, 3.63) is 64.2 Å². The number of hydrogen-bond donors (Lipinski definition) is 2. The molecule has 2 aliphatic heterocycles. The van der Waals surface area contributed by atoms with Gasteiger partial charge in [0.25, 0.3) is 11.8 Å². The first-order chi connectivity index (χ1) is 15.1. The number of aromatic hydroxyl groups is 1. The number of likely N-dealkylation sites (tertiary alicyclic amines) is 1. The Morgan fingerprint density at radius 2 is 1.94 bits per heavy atom. The molecule has 2 bridgehead atoms. The van der Waals surface area contributed by atoms with E-state index in [2.05, 4.69) is 32.2 Å². The fraction of sp³-hybridized carbons (Fsp3) is 0.423. The van der Waals surface area contributed by atoms with E-state index in [9.17, 15) is 19.5 Å². The Hall–Kier alpha value is -3.15. The zero-order valence-electron chi connectivity index (χ0n) is 18.7. The molecule has 1 fully saturated rings. The monoisotopic (exact) mass is 432 g/mol. The van der Waals surface area contributed by atoms with E-state index >= 15 is 0 Å². The third kappa shape index (κ3) is 2.81. The van der Waals surface area contributed by atoms with Gasteiger partial charge in [0, 0.05) is 35.5 Å². The summed E-state index contributed by atoms with van der Waals surface area (Å²) in [4.78, 5) is 39.9. The summed E-state index contributed by atoms with van der Waals surface area (Å²) in [5, 5.41) is 13.2. The summed E-state index contributed by atoms with van der Waals surface area (Å²) in [5.74, 6) is -0.156. The van der Waals surface area contributed by atoms with E-state index in [1.807, 2.05) is 11.0 Å². The molecule has 0 aromatic heterocycles. The van der Waals surface area contributed by atoms with E-state index in [1.54, 1.807) is 24.3 Å². The van der Waals surface area contributed by atoms with Crippen LogP contribution in [0.15, 0.2) is 36.4 Å². The Kier molecular flexibility index (Phi) is 4.49. The molecule has 1 saturated heterocycles. The summed E-state index contributed by atoms with van der Waals surface area (Å²) in [6, 6.07) is 10.7. The first kappa shape index (κ1) is 20.7. The molecule has 2 aromatic rings. The number of Topliss-reactive ketones (excluding diaryl/α,β-unsaturated/α-hetero) is 1. The van der Waals surface area contributed by atoms with E-state index in [0.29, 0.717) is 29.7 Å². The predicted octanol–water partition coefficient (Wildman–Crippen LogP) is 3.00. The molecule has 0 saturated carbocycles. The number of phenols is 1. The molecular formula is C26H28N2O4. The van der Waals surface area contributed by atoms with Gasteiger partial charge in [-0.1, -0.05) is 32.9 Å². The van der Waals surface area contributed by atoms with Gasteiger partial charge < -0.3 is 15.3 Å². The van der Waals surface area contributed by atoms with Crippen LogP contribution in [0.25, 0.3) is 0 Å². The molecule has 2 amide bonds. The number of nitrogens with one attached hydrogen (secondary N) is 1. The summed E-state index contributed by atoms with van der Waals surface area (Å²) >= 11 is 0. The number of ketones is 1. The first-order valence-corrected chi connectivity index (χ1v) is 11.2. The highest BCUT2D eigenvalue weighted by molar-refractivity contribution is 6.03. The number of rotatable bonds is 1. The highest BCUT2D eigenvalue weighted by Crippen LogP contribution is 2.57. The summed E-state index contributed by atoms with van der Waals surface area (Å²) in [5.41, 5.74) is 3.32. The van der Waals surface area contributed by atoms with Crippen LogP contribution in [0.2, 0.25) is 0 Å². The van der Waals surface area contributed by atoms with E-state index < -0.39 is 0 Å². The van der Waals surface area contributed by atoms with Gasteiger partial charge in [0.2, 0.25) is 0 Å². The zero-order chi connectivity index (χ0) is 22.8. The maximum Gasteiger partial charge on any atom is 0.254 e. The van der Waals surface area contributed by atoms with E-state index in [1.165, 1.54) is 5.56 Å². The molecule has 32 heavy (non-hydrogen) atoms. The number of nitrogens with zero attached hydrogens (tertiary/aromatic N) is 1. The number of piperidine rings is 1. The zero-order valence-corrected chi connectivity index (χ0v) is 18.7. The number of fused-ring (bicyclic) bond motifs is 5. The van der Waals surface area contributed by atoms with Gasteiger partial charge in [-0.3, -0.25) is 14.4 Å². The Morgan fingerprint density at radius 3 is 2.72 bits per heavy atom. The van der Waals surface area contributed by atoms with Crippen molar-refractivity contribution in [3.63, 3.8) is 0 Å². The summed E-state index contributed by atoms with van der Waals surface area (Å²) in [6.45, 7) is 7.30. The second-order valence-electron chi connectivity index (χ2n) is 10.1. The topological polar surface area (TPSA) is 86.7 Å². The van der Waals surface area contributed by atoms with Crippen molar-refractivity contribution in [2.75, 3.05) is 13.1 Å². The van der Waals surface area contributed by atoms with Crippen molar-refractivity contribution >= 4 is 17.6 Å². The van der Waals surface area contributed by atoms with Crippen LogP contribution in [0.4, 0.5) is 0 Å². The fourth-order valence-corrected chi connectivity index (χ4v) is 5.98. The van der Waals surface area contributed by atoms with Crippen LogP contribution >= 0.6 is 0 Å². The molecule has 6 heteroatoms. The lowest BCUT2D eigenvalue weighted by atomic mass is 9.51. The third-order valence-electron chi connectivity index (χ3n) is 8.32. The quantitative estimate of drug-likeness (QED) is 0.725. The van der Waals surface area contributed by atoms with E-state index in [0.717, 1.165) is 12.0 Å². The van der Waals surface area contributed by atoms with Gasteiger partial charge in [0.1, 0.15) is 5.75 Å². The van der Waals surface area contributed by atoms with Crippen molar-refractivity contribution in [1.82, 2.24) is 10.2 Å². The fourth-order valence-electron chi connectivity index (χ4n) is 5.98. The van der Waals surface area contributed by atoms with Crippen molar-refractivity contribution in [2.24, 2.45) is 5.41 Å². The third-order valence-corrected chi connectivity index (χ3v) is 8.32. The number of phenolic OH excluding ortho intramolecular Hbond substituents is 1. The van der Waals surface area contributed by atoms with Crippen LogP contribution in [-0.2, 0) is 23.1 Å². The van der Waals surface area contributed by atoms with Gasteiger partial charge in [-0.05, 0) is 59.2 Å². The van der Waals surface area contributed by atoms with E-state index in [-0.39, 0.29) is 53.2 Å². The van der Waals surface area contributed by atoms with Gasteiger partial charge in [-0.25, -0.2) is 0 Å². The van der Waals surface area contributed by atoms with Crippen LogP contribution in [0.5, 0.6) is 5.75 Å². The smallest absolute Gasteiger partial charge is 0.254 e. The second kappa shape index (κ2) is 6.92. The minimum atomic E-state index is -0.279. The van der Waals surface area contributed by atoms with Crippen LogP contribution in [0.3, 0.4) is 0 Å². The molecule has 5 rings (SSSR count). The number of benzene rings is 2. The van der Waals surface area contributed by atoms with Gasteiger partial charge in [-0.15, -0.1) is 0 Å². The molecule has 2 N–H and O–H groups in total. The molecule has 166 valence electrons. The molecule has 2 heterocycles. The lowest BCUT2D eigenvalue weighted by molar-refractivity contribution is -0.117. The largest absolute Gasteiger partial charge is 0.508 e. The molecule has 1 aliphatic carbocycles. The Bertz CT molecular complexity index is 1170. The van der Waals surface area contributed by atoms with E-state index in [4.69, 9.17) is 0 Å². The SMILES string of the molecule is CC1(C)[C@H]2Cc3c(O)cccc3[C@]1(C)CCN2C(=O)c1ccc2c(c1)CC(=O)CNC2=O. The normalized spacial score (nSPS) is 26.0. The van der Waals surface area contributed by atoms with Crippen molar-refractivity contribution in [2.45, 2.75) is 51.5 Å². The molecule has 3 aliphatic rings. The van der Waals surface area contributed by atoms with Gasteiger partial charge >= 0.3 is 0 Å². The average molecular weight is 433 g/mol. The Morgan fingerprint density at radius 1 is 1.16 bits per heavy atom. The van der Waals surface area contributed by atoms with Crippen molar-refractivity contribution < 1.29 is 19.5 Å². The van der Waals surface area contributed by atoms with Crippen LogP contribution in [0, 0.1) is 5.41 Å². The van der Waals surface area contributed by atoms with Crippen LogP contribution in [0.1, 0.15) is 64.6 Å². The highest BCUT2D eigenvalue weighted by atomic mass is 16.3. The maximum atomic E-state index is 13.7. The maximum absolute atomic E-state index is 13.7. The van der Waals surface area contributed by atoms with Crippen LogP contribution < -0.4 is 5.32 Å². The minimum absolute atomic E-state index is 0.0145. The average Bonchev–Trinajstić information content (AvgIpc) is 2.88. The summed E-state index contributed by atoms with van der Waals surface area (Å²) in [7, 11) is 0. The minimum Gasteiger partial charge on any atom is -0.508 e. The first-order valence-electron chi connectivity index (χ1n) is 11.2. The lowest BCUT2D eigenvalue weighted by Crippen LogP contribution is -2.64. The number of carbonyl (C=O) groups is 3. The Balaban J connectivity index is 1.53. The molecule has 2 aromatic carbocycles. The number of carbonyl (C=O) groups excluding carboxylic acids is 3. The number of amides is 2. The predicted molar refractivity (Wildman–Crippen MR) is 120 cm³/mol. The second-order valence-corrected chi connectivity index (χ2v) is 10.1. The number of hydrogen-bond acceptors (Lipinski definition) is 4.